The first kappa shape index (κ1) is 13.8. The van der Waals surface area contributed by atoms with Gasteiger partial charge in [0, 0.05) is 31.0 Å². The number of hydrogen-bond donors (Lipinski definition) is 3. The summed E-state index contributed by atoms with van der Waals surface area (Å²) in [5.41, 5.74) is 7.30. The number of anilines is 1. The quantitative estimate of drug-likeness (QED) is 0.748. The van der Waals surface area contributed by atoms with Gasteiger partial charge in [-0.3, -0.25) is 9.78 Å². The maximum atomic E-state index is 11.7. The third kappa shape index (κ3) is 3.92. The molecule has 0 spiro atoms. The Bertz CT molecular complexity index is 435. The van der Waals surface area contributed by atoms with Gasteiger partial charge in [0.1, 0.15) is 5.69 Å². The van der Waals surface area contributed by atoms with E-state index in [-0.39, 0.29) is 5.91 Å². The van der Waals surface area contributed by atoms with Gasteiger partial charge in [-0.2, -0.15) is 0 Å². The smallest absolute Gasteiger partial charge is 0.269 e. The minimum atomic E-state index is -0.131. The Balaban J connectivity index is 1.90. The topological polar surface area (TPSA) is 80.0 Å². The maximum Gasteiger partial charge on any atom is 0.269 e. The Hall–Kier alpha value is -1.62. The number of hydrogen-bond acceptors (Lipinski definition) is 4. The monoisotopic (exact) mass is 262 g/mol. The molecule has 0 aromatic carbocycles. The second kappa shape index (κ2) is 6.52. The molecule has 4 N–H and O–H groups in total. The van der Waals surface area contributed by atoms with Crippen molar-refractivity contribution in [2.75, 3.05) is 18.4 Å². The summed E-state index contributed by atoms with van der Waals surface area (Å²) in [6, 6.07) is 4.03. The lowest BCUT2D eigenvalue weighted by atomic mass is 10.1. The van der Waals surface area contributed by atoms with Gasteiger partial charge in [-0.15, -0.1) is 0 Å². The number of rotatable bonds is 5. The van der Waals surface area contributed by atoms with Crippen molar-refractivity contribution in [2.24, 2.45) is 11.7 Å². The van der Waals surface area contributed by atoms with Crippen LogP contribution in [0.3, 0.4) is 0 Å². The SMILES string of the molecule is CCNC(=O)c1cc(NCC2CCC(N)C2)ccn1. The molecular formula is C14H22N4O. The van der Waals surface area contributed by atoms with Crippen molar-refractivity contribution in [3.63, 3.8) is 0 Å². The predicted molar refractivity (Wildman–Crippen MR) is 76.1 cm³/mol. The van der Waals surface area contributed by atoms with E-state index >= 15 is 0 Å². The standard InChI is InChI=1S/C14H22N4O/c1-2-16-14(19)13-8-12(5-6-17-13)18-9-10-3-4-11(15)7-10/h5-6,8,10-11H,2-4,7,9,15H2,1H3,(H,16,19)(H,17,18). The molecule has 5 heteroatoms. The van der Waals surface area contributed by atoms with Crippen LogP contribution in [0.4, 0.5) is 5.69 Å². The number of nitrogens with zero attached hydrogens (tertiary/aromatic N) is 1. The van der Waals surface area contributed by atoms with Crippen LogP contribution in [0, 0.1) is 5.92 Å². The Kier molecular flexibility index (Phi) is 4.74. The molecule has 2 unspecified atom stereocenters. The largest absolute Gasteiger partial charge is 0.385 e. The molecule has 2 atom stereocenters. The Morgan fingerprint density at radius 2 is 2.37 bits per heavy atom. The molecule has 0 radical (unpaired) electrons. The van der Waals surface area contributed by atoms with Crippen molar-refractivity contribution in [1.29, 1.82) is 0 Å². The molecule has 1 amide bonds. The molecular weight excluding hydrogens is 240 g/mol. The fraction of sp³-hybridized carbons (Fsp3) is 0.571. The summed E-state index contributed by atoms with van der Waals surface area (Å²) in [4.78, 5) is 15.8. The van der Waals surface area contributed by atoms with Crippen LogP contribution in [0.2, 0.25) is 0 Å². The van der Waals surface area contributed by atoms with E-state index in [0.717, 1.165) is 25.1 Å². The van der Waals surface area contributed by atoms with Gasteiger partial charge >= 0.3 is 0 Å². The van der Waals surface area contributed by atoms with Crippen LogP contribution in [-0.4, -0.2) is 30.0 Å². The van der Waals surface area contributed by atoms with Gasteiger partial charge in [-0.25, -0.2) is 0 Å². The van der Waals surface area contributed by atoms with Crippen molar-refractivity contribution >= 4 is 11.6 Å². The molecule has 1 aromatic rings. The van der Waals surface area contributed by atoms with E-state index in [9.17, 15) is 4.79 Å². The molecule has 2 rings (SSSR count). The average molecular weight is 262 g/mol. The Morgan fingerprint density at radius 1 is 1.53 bits per heavy atom. The van der Waals surface area contributed by atoms with Crippen molar-refractivity contribution < 1.29 is 4.79 Å². The van der Waals surface area contributed by atoms with E-state index < -0.39 is 0 Å². The number of amides is 1. The lowest BCUT2D eigenvalue weighted by molar-refractivity contribution is 0.0951. The number of nitrogens with one attached hydrogen (secondary N) is 2. The van der Waals surface area contributed by atoms with E-state index in [4.69, 9.17) is 5.73 Å². The molecule has 0 aliphatic heterocycles. The first-order valence-electron chi connectivity index (χ1n) is 6.92. The number of carbonyl (C=O) groups excluding carboxylic acids is 1. The fourth-order valence-electron chi connectivity index (χ4n) is 2.48. The third-order valence-corrected chi connectivity index (χ3v) is 3.51. The molecule has 1 saturated carbocycles. The summed E-state index contributed by atoms with van der Waals surface area (Å²) in [5.74, 6) is 0.505. The number of pyridine rings is 1. The van der Waals surface area contributed by atoms with Crippen LogP contribution in [0.5, 0.6) is 0 Å². The highest BCUT2D eigenvalue weighted by atomic mass is 16.1. The summed E-state index contributed by atoms with van der Waals surface area (Å²) in [5, 5.41) is 6.12. The van der Waals surface area contributed by atoms with Crippen LogP contribution >= 0.6 is 0 Å². The highest BCUT2D eigenvalue weighted by Gasteiger charge is 2.21. The lowest BCUT2D eigenvalue weighted by Gasteiger charge is -2.12. The average Bonchev–Trinajstić information content (AvgIpc) is 2.83. The minimum Gasteiger partial charge on any atom is -0.385 e. The van der Waals surface area contributed by atoms with Gasteiger partial charge in [0.15, 0.2) is 0 Å². The Labute approximate surface area is 114 Å². The van der Waals surface area contributed by atoms with Crippen LogP contribution in [0.15, 0.2) is 18.3 Å². The van der Waals surface area contributed by atoms with Crippen LogP contribution in [0.25, 0.3) is 0 Å². The fourth-order valence-corrected chi connectivity index (χ4v) is 2.48. The normalized spacial score (nSPS) is 22.2. The van der Waals surface area contributed by atoms with E-state index in [0.29, 0.717) is 24.2 Å². The first-order valence-corrected chi connectivity index (χ1v) is 6.92. The van der Waals surface area contributed by atoms with E-state index in [1.807, 2.05) is 13.0 Å². The van der Waals surface area contributed by atoms with Crippen molar-refractivity contribution in [3.8, 4) is 0 Å². The lowest BCUT2D eigenvalue weighted by Crippen LogP contribution is -2.24. The molecule has 0 saturated heterocycles. The van der Waals surface area contributed by atoms with Gasteiger partial charge in [0.05, 0.1) is 0 Å². The molecule has 19 heavy (non-hydrogen) atoms. The van der Waals surface area contributed by atoms with Crippen LogP contribution < -0.4 is 16.4 Å². The number of nitrogens with two attached hydrogens (primary N) is 1. The minimum absolute atomic E-state index is 0.131. The van der Waals surface area contributed by atoms with E-state index in [1.165, 1.54) is 6.42 Å². The molecule has 1 aromatic heterocycles. The second-order valence-corrected chi connectivity index (χ2v) is 5.11. The highest BCUT2D eigenvalue weighted by molar-refractivity contribution is 5.93. The van der Waals surface area contributed by atoms with E-state index in [2.05, 4.69) is 15.6 Å². The van der Waals surface area contributed by atoms with E-state index in [1.54, 1.807) is 12.3 Å². The van der Waals surface area contributed by atoms with Gasteiger partial charge < -0.3 is 16.4 Å². The summed E-state index contributed by atoms with van der Waals surface area (Å²) in [6.45, 7) is 3.41. The van der Waals surface area contributed by atoms with Crippen molar-refractivity contribution in [2.45, 2.75) is 32.2 Å². The van der Waals surface area contributed by atoms with Crippen molar-refractivity contribution in [1.82, 2.24) is 10.3 Å². The zero-order chi connectivity index (χ0) is 13.7. The Morgan fingerprint density at radius 3 is 3.05 bits per heavy atom. The van der Waals surface area contributed by atoms with Crippen LogP contribution in [-0.2, 0) is 0 Å². The predicted octanol–water partition coefficient (Wildman–Crippen LogP) is 1.37. The van der Waals surface area contributed by atoms with Crippen LogP contribution in [0.1, 0.15) is 36.7 Å². The summed E-state index contributed by atoms with van der Waals surface area (Å²) >= 11 is 0. The summed E-state index contributed by atoms with van der Waals surface area (Å²) in [7, 11) is 0. The third-order valence-electron chi connectivity index (χ3n) is 3.51. The highest BCUT2D eigenvalue weighted by Crippen LogP contribution is 2.24. The van der Waals surface area contributed by atoms with Gasteiger partial charge in [-0.05, 0) is 44.2 Å². The van der Waals surface area contributed by atoms with Crippen molar-refractivity contribution in [3.05, 3.63) is 24.0 Å². The number of aromatic nitrogens is 1. The summed E-state index contributed by atoms with van der Waals surface area (Å²) < 4.78 is 0. The zero-order valence-electron chi connectivity index (χ0n) is 11.4. The maximum absolute atomic E-state index is 11.7. The molecule has 5 nitrogen and oxygen atoms in total. The molecule has 104 valence electrons. The molecule has 1 fully saturated rings. The zero-order valence-corrected chi connectivity index (χ0v) is 11.4. The summed E-state index contributed by atoms with van der Waals surface area (Å²) in [6.07, 6.45) is 5.05. The van der Waals surface area contributed by atoms with Gasteiger partial charge in [0.25, 0.3) is 5.91 Å². The first-order chi connectivity index (χ1) is 9.19. The molecule has 0 bridgehead atoms. The van der Waals surface area contributed by atoms with Gasteiger partial charge in [-0.1, -0.05) is 0 Å². The number of carbonyl (C=O) groups is 1. The van der Waals surface area contributed by atoms with Gasteiger partial charge in [0.2, 0.25) is 0 Å². The second-order valence-electron chi connectivity index (χ2n) is 5.11. The molecule has 1 heterocycles. The molecule has 1 aliphatic carbocycles. The molecule has 1 aliphatic rings.